The number of primary amides is 1. The number of halogens is 3. The number of amides is 2. The summed E-state index contributed by atoms with van der Waals surface area (Å²) in [4.78, 5) is 23.1. The van der Waals surface area contributed by atoms with Crippen molar-refractivity contribution in [3.63, 3.8) is 0 Å². The van der Waals surface area contributed by atoms with Gasteiger partial charge in [0, 0.05) is 0 Å². The lowest BCUT2D eigenvalue weighted by atomic mass is 10.1. The van der Waals surface area contributed by atoms with E-state index in [4.69, 9.17) is 40.5 Å². The zero-order chi connectivity index (χ0) is 13.5. The third-order valence-electron chi connectivity index (χ3n) is 2.66. The van der Waals surface area contributed by atoms with Crippen LogP contribution in [0.2, 0.25) is 5.02 Å². The molecule has 0 aliphatic heterocycles. The van der Waals surface area contributed by atoms with Gasteiger partial charge in [0.05, 0.1) is 22.2 Å². The summed E-state index contributed by atoms with van der Waals surface area (Å²) in [7, 11) is 0. The van der Waals surface area contributed by atoms with E-state index >= 15 is 0 Å². The topological polar surface area (TPSA) is 72.2 Å². The number of benzene rings is 1. The first-order valence-electron chi connectivity index (χ1n) is 5.10. The average molecular weight is 308 g/mol. The van der Waals surface area contributed by atoms with Gasteiger partial charge in [0.1, 0.15) is 4.33 Å². The zero-order valence-electron chi connectivity index (χ0n) is 9.04. The monoisotopic (exact) mass is 306 g/mol. The van der Waals surface area contributed by atoms with E-state index in [0.717, 1.165) is 0 Å². The SMILES string of the molecule is NC(=O)c1c(Cl)cccc1NC(=O)[C@H]1CC1(Cl)Cl. The Morgan fingerprint density at radius 3 is 2.50 bits per heavy atom. The highest BCUT2D eigenvalue weighted by Crippen LogP contribution is 2.53. The van der Waals surface area contributed by atoms with Crippen LogP contribution in [0.4, 0.5) is 5.69 Å². The van der Waals surface area contributed by atoms with Gasteiger partial charge in [-0.15, -0.1) is 23.2 Å². The highest BCUT2D eigenvalue weighted by Gasteiger charge is 2.56. The van der Waals surface area contributed by atoms with Crippen LogP contribution in [0, 0.1) is 5.92 Å². The fraction of sp³-hybridized carbons (Fsp3) is 0.273. The Labute approximate surface area is 118 Å². The molecule has 1 aliphatic rings. The number of nitrogens with one attached hydrogen (secondary N) is 1. The Kier molecular flexibility index (Phi) is 3.45. The van der Waals surface area contributed by atoms with Gasteiger partial charge in [-0.3, -0.25) is 9.59 Å². The van der Waals surface area contributed by atoms with Gasteiger partial charge in [-0.05, 0) is 18.6 Å². The molecule has 0 aromatic heterocycles. The molecule has 1 atom stereocenters. The molecular weight excluding hydrogens is 298 g/mol. The smallest absolute Gasteiger partial charge is 0.252 e. The first-order valence-corrected chi connectivity index (χ1v) is 6.23. The number of anilines is 1. The van der Waals surface area contributed by atoms with Crippen LogP contribution in [0.3, 0.4) is 0 Å². The number of carbonyl (C=O) groups is 2. The lowest BCUT2D eigenvalue weighted by molar-refractivity contribution is -0.117. The lowest BCUT2D eigenvalue weighted by Gasteiger charge is -2.10. The van der Waals surface area contributed by atoms with Crippen LogP contribution in [-0.4, -0.2) is 16.1 Å². The second-order valence-corrected chi connectivity index (χ2v) is 5.98. The van der Waals surface area contributed by atoms with E-state index in [0.29, 0.717) is 6.42 Å². The average Bonchev–Trinajstić information content (AvgIpc) is 2.87. The largest absolute Gasteiger partial charge is 0.365 e. The predicted molar refractivity (Wildman–Crippen MR) is 71.1 cm³/mol. The molecule has 2 amide bonds. The van der Waals surface area contributed by atoms with Crippen LogP contribution in [0.1, 0.15) is 16.8 Å². The highest BCUT2D eigenvalue weighted by molar-refractivity contribution is 6.52. The van der Waals surface area contributed by atoms with Crippen molar-refractivity contribution in [1.29, 1.82) is 0 Å². The van der Waals surface area contributed by atoms with E-state index in [1.807, 2.05) is 0 Å². The summed E-state index contributed by atoms with van der Waals surface area (Å²) in [5.74, 6) is -1.56. The molecule has 1 aliphatic carbocycles. The molecule has 0 unspecified atom stereocenters. The minimum absolute atomic E-state index is 0.0721. The Morgan fingerprint density at radius 2 is 2.00 bits per heavy atom. The number of nitrogens with two attached hydrogens (primary N) is 1. The quantitative estimate of drug-likeness (QED) is 0.842. The lowest BCUT2D eigenvalue weighted by Crippen LogP contribution is -2.21. The molecule has 4 nitrogen and oxygen atoms in total. The molecule has 0 saturated heterocycles. The molecular formula is C11H9Cl3N2O2. The van der Waals surface area contributed by atoms with Crippen molar-refractivity contribution in [2.75, 3.05) is 5.32 Å². The molecule has 1 saturated carbocycles. The van der Waals surface area contributed by atoms with Gasteiger partial charge < -0.3 is 11.1 Å². The molecule has 96 valence electrons. The van der Waals surface area contributed by atoms with E-state index in [1.165, 1.54) is 12.1 Å². The molecule has 1 aromatic carbocycles. The van der Waals surface area contributed by atoms with E-state index in [9.17, 15) is 9.59 Å². The third kappa shape index (κ3) is 2.55. The van der Waals surface area contributed by atoms with Crippen molar-refractivity contribution in [3.05, 3.63) is 28.8 Å². The van der Waals surface area contributed by atoms with Crippen molar-refractivity contribution in [2.24, 2.45) is 11.7 Å². The number of rotatable bonds is 3. The molecule has 0 spiro atoms. The molecule has 7 heteroatoms. The summed E-state index contributed by atoms with van der Waals surface area (Å²) >= 11 is 17.4. The standard InChI is InChI=1S/C11H9Cl3N2O2/c12-6-2-1-3-7(8(6)9(15)17)16-10(18)5-4-11(5,13)14/h1-3,5H,4H2,(H2,15,17)(H,16,18)/t5-/m1/s1. The maximum atomic E-state index is 11.8. The molecule has 1 aromatic rings. The Balaban J connectivity index is 2.22. The zero-order valence-corrected chi connectivity index (χ0v) is 11.3. The van der Waals surface area contributed by atoms with Gasteiger partial charge in [-0.1, -0.05) is 17.7 Å². The summed E-state index contributed by atoms with van der Waals surface area (Å²) in [5, 5.41) is 2.74. The first-order chi connectivity index (χ1) is 8.33. The van der Waals surface area contributed by atoms with E-state index < -0.39 is 16.2 Å². The van der Waals surface area contributed by atoms with Crippen LogP contribution in [0.15, 0.2) is 18.2 Å². The normalized spacial score (nSPS) is 20.3. The fourth-order valence-corrected chi connectivity index (χ4v) is 2.37. The number of carbonyl (C=O) groups excluding carboxylic acids is 2. The molecule has 2 rings (SSSR count). The summed E-state index contributed by atoms with van der Waals surface area (Å²) in [6.07, 6.45) is 0.383. The third-order valence-corrected chi connectivity index (χ3v) is 3.81. The maximum absolute atomic E-state index is 11.8. The van der Waals surface area contributed by atoms with E-state index in [-0.39, 0.29) is 22.2 Å². The number of hydrogen-bond acceptors (Lipinski definition) is 2. The highest BCUT2D eigenvalue weighted by atomic mass is 35.5. The fourth-order valence-electron chi connectivity index (χ4n) is 1.60. The van der Waals surface area contributed by atoms with Gasteiger partial charge in [-0.2, -0.15) is 0 Å². The van der Waals surface area contributed by atoms with E-state index in [2.05, 4.69) is 5.32 Å². The van der Waals surface area contributed by atoms with Crippen molar-refractivity contribution >= 4 is 52.3 Å². The summed E-state index contributed by atoms with van der Waals surface area (Å²) in [6.45, 7) is 0. The van der Waals surface area contributed by atoms with Gasteiger partial charge in [0.2, 0.25) is 5.91 Å². The van der Waals surface area contributed by atoms with Gasteiger partial charge in [-0.25, -0.2) is 0 Å². The number of alkyl halides is 2. The van der Waals surface area contributed by atoms with Crippen molar-refractivity contribution in [1.82, 2.24) is 0 Å². The van der Waals surface area contributed by atoms with Crippen molar-refractivity contribution in [2.45, 2.75) is 10.8 Å². The second kappa shape index (κ2) is 4.61. The molecule has 0 radical (unpaired) electrons. The van der Waals surface area contributed by atoms with Gasteiger partial charge >= 0.3 is 0 Å². The molecule has 0 bridgehead atoms. The molecule has 18 heavy (non-hydrogen) atoms. The van der Waals surface area contributed by atoms with E-state index in [1.54, 1.807) is 6.07 Å². The minimum Gasteiger partial charge on any atom is -0.365 e. The van der Waals surface area contributed by atoms with Crippen LogP contribution in [0.25, 0.3) is 0 Å². The predicted octanol–water partition coefficient (Wildman–Crippen LogP) is 2.57. The Bertz CT molecular complexity index is 531. The van der Waals surface area contributed by atoms with Crippen molar-refractivity contribution in [3.8, 4) is 0 Å². The summed E-state index contributed by atoms with van der Waals surface area (Å²) in [6, 6.07) is 4.66. The summed E-state index contributed by atoms with van der Waals surface area (Å²) in [5.41, 5.74) is 5.54. The second-order valence-electron chi connectivity index (χ2n) is 4.03. The summed E-state index contributed by atoms with van der Waals surface area (Å²) < 4.78 is -1.02. The Morgan fingerprint density at radius 1 is 1.39 bits per heavy atom. The molecule has 1 fully saturated rings. The Hall–Kier alpha value is -0.970. The molecule has 0 heterocycles. The number of hydrogen-bond donors (Lipinski definition) is 2. The van der Waals surface area contributed by atoms with Crippen LogP contribution in [0.5, 0.6) is 0 Å². The maximum Gasteiger partial charge on any atom is 0.252 e. The minimum atomic E-state index is -1.02. The van der Waals surface area contributed by atoms with Crippen LogP contribution < -0.4 is 11.1 Å². The first kappa shape index (κ1) is 13.5. The van der Waals surface area contributed by atoms with Gasteiger partial charge in [0.25, 0.3) is 5.91 Å². The molecule has 3 N–H and O–H groups in total. The van der Waals surface area contributed by atoms with Gasteiger partial charge in [0.15, 0.2) is 0 Å². The van der Waals surface area contributed by atoms with Crippen LogP contribution in [-0.2, 0) is 4.79 Å². The van der Waals surface area contributed by atoms with Crippen molar-refractivity contribution < 1.29 is 9.59 Å². The van der Waals surface area contributed by atoms with Crippen LogP contribution >= 0.6 is 34.8 Å².